The molecule has 226 valence electrons. The summed E-state index contributed by atoms with van der Waals surface area (Å²) in [6, 6.07) is 23.8. The van der Waals surface area contributed by atoms with Crippen LogP contribution in [0.15, 0.2) is 78.0 Å². The highest BCUT2D eigenvalue weighted by Crippen LogP contribution is 2.36. The summed E-state index contributed by atoms with van der Waals surface area (Å²) in [5.41, 5.74) is 7.76. The Balaban J connectivity index is 1.51. The number of halogens is 1. The van der Waals surface area contributed by atoms with Crippen molar-refractivity contribution in [1.82, 2.24) is 9.97 Å². The van der Waals surface area contributed by atoms with Gasteiger partial charge in [0.05, 0.1) is 22.5 Å². The van der Waals surface area contributed by atoms with Crippen LogP contribution in [0.4, 0.5) is 11.6 Å². The smallest absolute Gasteiger partial charge is 0.337 e. The highest BCUT2D eigenvalue weighted by atomic mass is 35.5. The third kappa shape index (κ3) is 7.15. The highest BCUT2D eigenvalue weighted by Gasteiger charge is 2.50. The third-order valence-corrected chi connectivity index (χ3v) is 12.4. The van der Waals surface area contributed by atoms with E-state index in [-0.39, 0.29) is 23.9 Å². The molecule has 9 nitrogen and oxygen atoms in total. The number of amidine groups is 1. The van der Waals surface area contributed by atoms with E-state index in [1.165, 1.54) is 0 Å². The van der Waals surface area contributed by atoms with Gasteiger partial charge in [-0.15, -0.1) is 0 Å². The summed E-state index contributed by atoms with van der Waals surface area (Å²) in [7, 11) is -2.78. The molecule has 4 aromatic rings. The van der Waals surface area contributed by atoms with Crippen molar-refractivity contribution in [2.45, 2.75) is 46.1 Å². The molecule has 0 spiro atoms. The van der Waals surface area contributed by atoms with Gasteiger partial charge in [0.2, 0.25) is 0 Å². The van der Waals surface area contributed by atoms with Crippen LogP contribution in [0, 0.1) is 0 Å². The van der Waals surface area contributed by atoms with E-state index >= 15 is 0 Å². The lowest BCUT2D eigenvalue weighted by atomic mass is 10.1. The van der Waals surface area contributed by atoms with Crippen LogP contribution in [0.25, 0.3) is 11.0 Å². The molecule has 0 aliphatic rings. The van der Waals surface area contributed by atoms with Crippen molar-refractivity contribution in [2.75, 3.05) is 30.3 Å². The van der Waals surface area contributed by atoms with E-state index in [4.69, 9.17) is 26.6 Å². The molecule has 11 heteroatoms. The first kappa shape index (κ1) is 31.9. The number of benzene rings is 3. The van der Waals surface area contributed by atoms with Crippen molar-refractivity contribution in [3.63, 3.8) is 0 Å². The Morgan fingerprint density at radius 1 is 0.907 bits per heavy atom. The average molecular weight is 619 g/mol. The lowest BCUT2D eigenvalue weighted by molar-refractivity contribution is -0.144. The summed E-state index contributed by atoms with van der Waals surface area (Å²) in [5, 5.41) is 12.7. The minimum absolute atomic E-state index is 0.00252. The van der Waals surface area contributed by atoms with Gasteiger partial charge in [-0.25, -0.2) is 14.8 Å². The number of aromatic nitrogens is 2. The third-order valence-electron chi connectivity index (χ3n) is 7.00. The lowest BCUT2D eigenvalue weighted by Gasteiger charge is -2.43. The molecule has 4 rings (SSSR count). The molecule has 0 unspecified atom stereocenters. The van der Waals surface area contributed by atoms with Gasteiger partial charge in [0.1, 0.15) is 0 Å². The van der Waals surface area contributed by atoms with Gasteiger partial charge in [-0.1, -0.05) is 98.2 Å². The second-order valence-electron chi connectivity index (χ2n) is 11.0. The minimum atomic E-state index is -2.78. The number of carbonyl (C=O) groups is 1. The number of fused-ring (bicyclic) bond motifs is 1. The Morgan fingerprint density at radius 2 is 1.42 bits per heavy atom. The summed E-state index contributed by atoms with van der Waals surface area (Å²) >= 11 is 6.52. The summed E-state index contributed by atoms with van der Waals surface area (Å²) in [4.78, 5) is 27.3. The first-order valence-corrected chi connectivity index (χ1v) is 16.7. The predicted molar refractivity (Wildman–Crippen MR) is 178 cm³/mol. The van der Waals surface area contributed by atoms with Crippen molar-refractivity contribution in [3.8, 4) is 0 Å². The maximum absolute atomic E-state index is 12.8. The largest absolute Gasteiger partial charge is 0.407 e. The number of carbonyl (C=O) groups excluding carboxylic acids is 1. The van der Waals surface area contributed by atoms with Gasteiger partial charge in [0.15, 0.2) is 17.5 Å². The molecular weight excluding hydrogens is 580 g/mol. The summed E-state index contributed by atoms with van der Waals surface area (Å²) in [5.74, 6) is 0.641. The van der Waals surface area contributed by atoms with Crippen LogP contribution in [0.1, 0.15) is 46.6 Å². The Kier molecular flexibility index (Phi) is 10.4. The standard InChI is InChI=1S/C32H39ClN6O3Si/c1-6-35-30-31(36-7-2)38-27-21-25(33)24(20-26(27)37-30)29(34)39-42-28(40)18-19-41-43(32(3,4)5,22-14-10-8-11-15-22)23-16-12-9-13-17-23/h8-17,20-21H,6-7,18-19H2,1-5H3,(H2,34,39)(H,35,37)(H,36,38). The molecule has 4 N–H and O–H groups in total. The van der Waals surface area contributed by atoms with Gasteiger partial charge in [0, 0.05) is 25.3 Å². The normalized spacial score (nSPS) is 12.3. The Hall–Kier alpha value is -3.99. The average Bonchev–Trinajstić information content (AvgIpc) is 2.99. The van der Waals surface area contributed by atoms with Crippen LogP contribution in [-0.4, -0.2) is 49.8 Å². The van der Waals surface area contributed by atoms with Crippen molar-refractivity contribution >= 4 is 64.8 Å². The molecule has 1 heterocycles. The van der Waals surface area contributed by atoms with E-state index in [9.17, 15) is 4.79 Å². The number of hydrogen-bond donors (Lipinski definition) is 3. The fourth-order valence-electron chi connectivity index (χ4n) is 5.10. The van der Waals surface area contributed by atoms with Crippen LogP contribution in [0.5, 0.6) is 0 Å². The highest BCUT2D eigenvalue weighted by molar-refractivity contribution is 6.99. The molecule has 1 aromatic heterocycles. The van der Waals surface area contributed by atoms with Crippen LogP contribution in [-0.2, 0) is 14.1 Å². The maximum atomic E-state index is 12.8. The number of anilines is 2. The molecule has 0 amide bonds. The molecular formula is C32H39ClN6O3Si. The quantitative estimate of drug-likeness (QED) is 0.0644. The van der Waals surface area contributed by atoms with E-state index < -0.39 is 14.3 Å². The molecule has 0 saturated heterocycles. The van der Waals surface area contributed by atoms with Gasteiger partial charge in [-0.05, 0) is 41.4 Å². The Morgan fingerprint density at radius 3 is 1.91 bits per heavy atom. The molecule has 0 aliphatic heterocycles. The molecule has 0 radical (unpaired) electrons. The van der Waals surface area contributed by atoms with Crippen LogP contribution >= 0.6 is 11.6 Å². The van der Waals surface area contributed by atoms with Gasteiger partial charge in [-0.3, -0.25) is 0 Å². The number of oxime groups is 1. The van der Waals surface area contributed by atoms with Gasteiger partial charge in [0.25, 0.3) is 8.32 Å². The molecule has 0 saturated carbocycles. The van der Waals surface area contributed by atoms with Crippen molar-refractivity contribution in [3.05, 3.63) is 83.4 Å². The van der Waals surface area contributed by atoms with Crippen molar-refractivity contribution in [1.29, 1.82) is 0 Å². The van der Waals surface area contributed by atoms with Crippen LogP contribution in [0.2, 0.25) is 10.1 Å². The molecule has 0 atom stereocenters. The summed E-state index contributed by atoms with van der Waals surface area (Å²) in [6.07, 6.45) is -0.00252. The number of rotatable bonds is 12. The fraction of sp³-hybridized carbons (Fsp3) is 0.312. The lowest BCUT2D eigenvalue weighted by Crippen LogP contribution is -2.66. The molecule has 0 fully saturated rings. The monoisotopic (exact) mass is 618 g/mol. The van der Waals surface area contributed by atoms with E-state index in [2.05, 4.69) is 70.8 Å². The van der Waals surface area contributed by atoms with Gasteiger partial charge < -0.3 is 25.6 Å². The predicted octanol–water partition coefficient (Wildman–Crippen LogP) is 5.28. The van der Waals surface area contributed by atoms with E-state index in [0.29, 0.717) is 46.3 Å². The zero-order chi connectivity index (χ0) is 31.0. The first-order valence-electron chi connectivity index (χ1n) is 14.4. The fourth-order valence-corrected chi connectivity index (χ4v) is 9.92. The summed E-state index contributed by atoms with van der Waals surface area (Å²) in [6.45, 7) is 12.0. The minimum Gasteiger partial charge on any atom is -0.407 e. The number of nitrogens with zero attached hydrogens (tertiary/aromatic N) is 3. The van der Waals surface area contributed by atoms with Gasteiger partial charge >= 0.3 is 5.97 Å². The molecule has 3 aromatic carbocycles. The zero-order valence-corrected chi connectivity index (χ0v) is 27.0. The second kappa shape index (κ2) is 14.0. The maximum Gasteiger partial charge on any atom is 0.337 e. The summed E-state index contributed by atoms with van der Waals surface area (Å²) < 4.78 is 6.76. The Labute approximate surface area is 259 Å². The molecule has 0 aliphatic carbocycles. The first-order chi connectivity index (χ1) is 20.6. The van der Waals surface area contributed by atoms with E-state index in [1.807, 2.05) is 50.2 Å². The van der Waals surface area contributed by atoms with Crippen molar-refractivity contribution in [2.24, 2.45) is 10.9 Å². The van der Waals surface area contributed by atoms with Crippen molar-refractivity contribution < 1.29 is 14.1 Å². The van der Waals surface area contributed by atoms with Crippen LogP contribution in [0.3, 0.4) is 0 Å². The van der Waals surface area contributed by atoms with Gasteiger partial charge in [-0.2, -0.15) is 0 Å². The van der Waals surface area contributed by atoms with Crippen LogP contribution < -0.4 is 26.7 Å². The number of nitrogens with two attached hydrogens (primary N) is 1. The molecule has 0 bridgehead atoms. The van der Waals surface area contributed by atoms with E-state index in [1.54, 1.807) is 12.1 Å². The number of hydrogen-bond acceptors (Lipinski definition) is 8. The number of nitrogens with one attached hydrogen (secondary N) is 2. The second-order valence-corrected chi connectivity index (χ2v) is 15.7. The van der Waals surface area contributed by atoms with E-state index in [0.717, 1.165) is 10.4 Å². The SMILES string of the molecule is CCNc1nc2cc(Cl)c(/C(N)=N/OC(=O)CCO[Si](c3ccccc3)(c3ccccc3)C(C)(C)C)cc2nc1NCC. The Bertz CT molecular complexity index is 1540. The zero-order valence-electron chi connectivity index (χ0n) is 25.3. The topological polar surface area (TPSA) is 124 Å². The molecule has 43 heavy (non-hydrogen) atoms.